The Hall–Kier alpha value is -1.07. The predicted octanol–water partition coefficient (Wildman–Crippen LogP) is 0.874. The lowest BCUT2D eigenvalue weighted by Crippen LogP contribution is -2.46. The Labute approximate surface area is 107 Å². The van der Waals surface area contributed by atoms with Crippen LogP contribution < -0.4 is 4.74 Å². The number of hydrogen-bond donors (Lipinski definition) is 1. The van der Waals surface area contributed by atoms with Crippen LogP contribution >= 0.6 is 0 Å². The maximum Gasteiger partial charge on any atom is 0.162 e. The average Bonchev–Trinajstić information content (AvgIpc) is 2.94. The Kier molecular flexibility index (Phi) is 2.83. The molecule has 1 aromatic heterocycles. The Morgan fingerprint density at radius 1 is 1.50 bits per heavy atom. The summed E-state index contributed by atoms with van der Waals surface area (Å²) in [6.07, 6.45) is 5.70. The molecular formula is C13H21N3O2. The summed E-state index contributed by atoms with van der Waals surface area (Å²) in [5.74, 6) is 0.700. The van der Waals surface area contributed by atoms with E-state index in [4.69, 9.17) is 4.74 Å². The van der Waals surface area contributed by atoms with Crippen LogP contribution in [0.25, 0.3) is 0 Å². The molecule has 2 atom stereocenters. The maximum absolute atomic E-state index is 11.0. The van der Waals surface area contributed by atoms with Crippen LogP contribution in [0, 0.1) is 0 Å². The minimum absolute atomic E-state index is 0.517. The fraction of sp³-hybridized carbons (Fsp3) is 0.769. The molecule has 0 saturated carbocycles. The topological polar surface area (TPSA) is 50.5 Å². The van der Waals surface area contributed by atoms with Gasteiger partial charge in [-0.15, -0.1) is 0 Å². The van der Waals surface area contributed by atoms with Crippen LogP contribution in [0.2, 0.25) is 0 Å². The third-order valence-electron chi connectivity index (χ3n) is 4.45. The van der Waals surface area contributed by atoms with Gasteiger partial charge in [-0.25, -0.2) is 0 Å². The molecule has 2 saturated heterocycles. The fourth-order valence-corrected chi connectivity index (χ4v) is 3.55. The largest absolute Gasteiger partial charge is 0.493 e. The van der Waals surface area contributed by atoms with Crippen LogP contribution in [-0.2, 0) is 12.6 Å². The molecule has 0 amide bonds. The van der Waals surface area contributed by atoms with Crippen molar-refractivity contribution < 1.29 is 9.84 Å². The molecule has 18 heavy (non-hydrogen) atoms. The first kappa shape index (κ1) is 12.0. The molecule has 100 valence electrons. The quantitative estimate of drug-likeness (QED) is 0.847. The monoisotopic (exact) mass is 251 g/mol. The highest BCUT2D eigenvalue weighted by Crippen LogP contribution is 2.42. The smallest absolute Gasteiger partial charge is 0.162 e. The van der Waals surface area contributed by atoms with E-state index in [0.29, 0.717) is 11.8 Å². The van der Waals surface area contributed by atoms with Crippen LogP contribution in [0.15, 0.2) is 6.20 Å². The molecule has 0 aromatic carbocycles. The van der Waals surface area contributed by atoms with Crippen LogP contribution in [0.4, 0.5) is 0 Å². The van der Waals surface area contributed by atoms with E-state index in [1.807, 2.05) is 7.05 Å². The van der Waals surface area contributed by atoms with E-state index in [1.165, 1.54) is 19.4 Å². The van der Waals surface area contributed by atoms with E-state index < -0.39 is 5.60 Å². The van der Waals surface area contributed by atoms with E-state index in [-0.39, 0.29) is 0 Å². The number of nitrogens with zero attached hydrogens (tertiary/aromatic N) is 3. The molecule has 5 heteroatoms. The summed E-state index contributed by atoms with van der Waals surface area (Å²) >= 11 is 0. The van der Waals surface area contributed by atoms with Gasteiger partial charge in [0.25, 0.3) is 0 Å². The van der Waals surface area contributed by atoms with Gasteiger partial charge in [0, 0.05) is 19.6 Å². The summed E-state index contributed by atoms with van der Waals surface area (Å²) in [7, 11) is 3.51. The molecule has 3 rings (SSSR count). The summed E-state index contributed by atoms with van der Waals surface area (Å²) in [6, 6.07) is 0.517. The molecule has 2 fully saturated rings. The lowest BCUT2D eigenvalue weighted by molar-refractivity contribution is -0.0479. The minimum atomic E-state index is -0.790. The number of rotatable bonds is 2. The average molecular weight is 251 g/mol. The van der Waals surface area contributed by atoms with Gasteiger partial charge in [-0.05, 0) is 32.2 Å². The fourth-order valence-electron chi connectivity index (χ4n) is 3.55. The maximum atomic E-state index is 11.0. The van der Waals surface area contributed by atoms with Gasteiger partial charge in [-0.2, -0.15) is 5.10 Å². The van der Waals surface area contributed by atoms with Crippen molar-refractivity contribution in [1.82, 2.24) is 14.7 Å². The standard InChI is InChI=1S/C13H21N3O2/c1-15-12(11(18-2)9-14-15)13(17)5-7-16-6-3-4-10(16)8-13/h9-10,17H,3-8H2,1-2H3. The number of aliphatic hydroxyl groups is 1. The molecule has 2 aliphatic rings. The second-order valence-corrected chi connectivity index (χ2v) is 5.50. The lowest BCUT2D eigenvalue weighted by atomic mass is 9.83. The van der Waals surface area contributed by atoms with Crippen molar-refractivity contribution >= 4 is 0 Å². The number of methoxy groups -OCH3 is 1. The number of ether oxygens (including phenoxy) is 1. The van der Waals surface area contributed by atoms with Crippen LogP contribution in [0.1, 0.15) is 31.4 Å². The van der Waals surface area contributed by atoms with Crippen molar-refractivity contribution in [1.29, 1.82) is 0 Å². The number of hydrogen-bond acceptors (Lipinski definition) is 4. The number of fused-ring (bicyclic) bond motifs is 1. The first-order valence-electron chi connectivity index (χ1n) is 6.67. The summed E-state index contributed by atoms with van der Waals surface area (Å²) in [4.78, 5) is 2.50. The van der Waals surface area contributed by atoms with Crippen LogP contribution in [0.5, 0.6) is 5.75 Å². The van der Waals surface area contributed by atoms with Gasteiger partial charge in [0.2, 0.25) is 0 Å². The highest BCUT2D eigenvalue weighted by molar-refractivity contribution is 5.31. The van der Waals surface area contributed by atoms with Crippen molar-refractivity contribution in [3.63, 3.8) is 0 Å². The van der Waals surface area contributed by atoms with Crippen molar-refractivity contribution in [2.24, 2.45) is 7.05 Å². The SMILES string of the molecule is COc1cnn(C)c1C1(O)CCN2CCCC2C1. The molecule has 0 aliphatic carbocycles. The summed E-state index contributed by atoms with van der Waals surface area (Å²) in [5.41, 5.74) is 0.0406. The Balaban J connectivity index is 1.92. The predicted molar refractivity (Wildman–Crippen MR) is 67.5 cm³/mol. The zero-order chi connectivity index (χ0) is 12.8. The second-order valence-electron chi connectivity index (χ2n) is 5.50. The Bertz CT molecular complexity index is 445. The van der Waals surface area contributed by atoms with Gasteiger partial charge in [0.1, 0.15) is 11.3 Å². The number of aryl methyl sites for hydroxylation is 1. The second kappa shape index (κ2) is 4.24. The third-order valence-corrected chi connectivity index (χ3v) is 4.45. The molecule has 0 spiro atoms. The molecule has 2 unspecified atom stereocenters. The van der Waals surface area contributed by atoms with E-state index in [2.05, 4.69) is 10.00 Å². The van der Waals surface area contributed by atoms with E-state index in [1.54, 1.807) is 18.0 Å². The molecule has 0 bridgehead atoms. The summed E-state index contributed by atoms with van der Waals surface area (Å²) < 4.78 is 7.09. The van der Waals surface area contributed by atoms with Crippen molar-refractivity contribution in [2.75, 3.05) is 20.2 Å². The van der Waals surface area contributed by atoms with Crippen LogP contribution in [0.3, 0.4) is 0 Å². The molecule has 1 N–H and O–H groups in total. The van der Waals surface area contributed by atoms with E-state index in [0.717, 1.165) is 25.1 Å². The molecule has 1 aromatic rings. The highest BCUT2D eigenvalue weighted by atomic mass is 16.5. The van der Waals surface area contributed by atoms with Gasteiger partial charge in [0.15, 0.2) is 5.75 Å². The van der Waals surface area contributed by atoms with Gasteiger partial charge in [0.05, 0.1) is 13.3 Å². The highest BCUT2D eigenvalue weighted by Gasteiger charge is 2.44. The lowest BCUT2D eigenvalue weighted by Gasteiger charge is -2.40. The Morgan fingerprint density at radius 2 is 2.33 bits per heavy atom. The van der Waals surface area contributed by atoms with Gasteiger partial charge < -0.3 is 14.7 Å². The van der Waals surface area contributed by atoms with Gasteiger partial charge in [-0.1, -0.05) is 0 Å². The zero-order valence-electron chi connectivity index (χ0n) is 11.1. The molecule has 0 radical (unpaired) electrons. The van der Waals surface area contributed by atoms with Crippen LogP contribution in [-0.4, -0.2) is 46.0 Å². The molecule has 3 heterocycles. The van der Waals surface area contributed by atoms with Crippen molar-refractivity contribution in [3.8, 4) is 5.75 Å². The van der Waals surface area contributed by atoms with Gasteiger partial charge in [-0.3, -0.25) is 4.68 Å². The van der Waals surface area contributed by atoms with Gasteiger partial charge >= 0.3 is 0 Å². The summed E-state index contributed by atoms with van der Waals surface area (Å²) in [5, 5.41) is 15.2. The molecule has 5 nitrogen and oxygen atoms in total. The Morgan fingerprint density at radius 3 is 3.11 bits per heavy atom. The first-order chi connectivity index (χ1) is 8.64. The van der Waals surface area contributed by atoms with E-state index >= 15 is 0 Å². The zero-order valence-corrected chi connectivity index (χ0v) is 11.1. The summed E-state index contributed by atoms with van der Waals surface area (Å²) in [6.45, 7) is 2.15. The number of piperidine rings is 1. The first-order valence-corrected chi connectivity index (χ1v) is 6.67. The van der Waals surface area contributed by atoms with E-state index in [9.17, 15) is 5.11 Å². The molecular weight excluding hydrogens is 230 g/mol. The number of aromatic nitrogens is 2. The third kappa shape index (κ3) is 1.73. The minimum Gasteiger partial charge on any atom is -0.493 e. The van der Waals surface area contributed by atoms with Crippen molar-refractivity contribution in [2.45, 2.75) is 37.3 Å². The molecule has 2 aliphatic heterocycles. The van der Waals surface area contributed by atoms with Crippen molar-refractivity contribution in [3.05, 3.63) is 11.9 Å². The normalized spacial score (nSPS) is 32.5.